The Morgan fingerprint density at radius 1 is 1.64 bits per heavy atom. The summed E-state index contributed by atoms with van der Waals surface area (Å²) in [5, 5.41) is 9.43. The van der Waals surface area contributed by atoms with Crippen molar-refractivity contribution in [2.75, 3.05) is 6.61 Å². The van der Waals surface area contributed by atoms with Crippen LogP contribution in [-0.4, -0.2) is 35.5 Å². The molecule has 0 bridgehead atoms. The number of carbonyl (C=O) groups excluding carboxylic acids is 1. The molecule has 1 unspecified atom stereocenters. The Kier molecular flexibility index (Phi) is 3.50. The molecule has 0 amide bonds. The zero-order valence-electron chi connectivity index (χ0n) is 8.95. The molecule has 0 saturated carbocycles. The van der Waals surface area contributed by atoms with E-state index in [0.717, 1.165) is 13.0 Å². The van der Waals surface area contributed by atoms with Crippen LogP contribution >= 0.6 is 0 Å². The standard InChI is InChI=1S/C10H18O4/c1-10(2,3)14-9(12)8(11)5-4-7-6-13-7/h7-8,11H,4-6H2,1-3H3/t7-,8?/m0/s1. The predicted molar refractivity (Wildman–Crippen MR) is 50.8 cm³/mol. The largest absolute Gasteiger partial charge is 0.458 e. The predicted octanol–water partition coefficient (Wildman–Crippen LogP) is 0.868. The molecule has 1 rings (SSSR count). The summed E-state index contributed by atoms with van der Waals surface area (Å²) in [6, 6.07) is 0. The van der Waals surface area contributed by atoms with Crippen LogP contribution in [0.4, 0.5) is 0 Å². The molecule has 0 aromatic rings. The van der Waals surface area contributed by atoms with Crippen molar-refractivity contribution in [2.45, 2.75) is 51.4 Å². The lowest BCUT2D eigenvalue weighted by molar-refractivity contribution is -0.165. The molecule has 0 aromatic carbocycles. The first kappa shape index (κ1) is 11.5. The van der Waals surface area contributed by atoms with E-state index in [9.17, 15) is 9.90 Å². The first-order valence-electron chi connectivity index (χ1n) is 4.91. The minimum atomic E-state index is -1.02. The first-order valence-corrected chi connectivity index (χ1v) is 4.91. The number of epoxide rings is 1. The lowest BCUT2D eigenvalue weighted by Crippen LogP contribution is -2.31. The van der Waals surface area contributed by atoms with Gasteiger partial charge in [0.1, 0.15) is 5.60 Å². The highest BCUT2D eigenvalue weighted by Crippen LogP contribution is 2.18. The van der Waals surface area contributed by atoms with E-state index in [1.165, 1.54) is 0 Å². The van der Waals surface area contributed by atoms with E-state index in [2.05, 4.69) is 0 Å². The van der Waals surface area contributed by atoms with Gasteiger partial charge in [0.25, 0.3) is 0 Å². The van der Waals surface area contributed by atoms with Crippen LogP contribution in [0.5, 0.6) is 0 Å². The van der Waals surface area contributed by atoms with Gasteiger partial charge in [-0.1, -0.05) is 0 Å². The van der Waals surface area contributed by atoms with Gasteiger partial charge in [0, 0.05) is 0 Å². The van der Waals surface area contributed by atoms with Crippen molar-refractivity contribution in [1.82, 2.24) is 0 Å². The van der Waals surface area contributed by atoms with Gasteiger partial charge in [-0.15, -0.1) is 0 Å². The number of hydrogen-bond acceptors (Lipinski definition) is 4. The second-order valence-electron chi connectivity index (χ2n) is 4.58. The Balaban J connectivity index is 2.20. The SMILES string of the molecule is CC(C)(C)OC(=O)C(O)CC[C@H]1CO1. The molecule has 1 N–H and O–H groups in total. The normalized spacial score (nSPS) is 23.0. The fourth-order valence-electron chi connectivity index (χ4n) is 1.07. The Bertz CT molecular complexity index is 203. The molecule has 4 nitrogen and oxygen atoms in total. The topological polar surface area (TPSA) is 59.1 Å². The number of rotatable bonds is 4. The van der Waals surface area contributed by atoms with Crippen LogP contribution in [0, 0.1) is 0 Å². The summed E-state index contributed by atoms with van der Waals surface area (Å²) in [6.07, 6.45) is 0.366. The summed E-state index contributed by atoms with van der Waals surface area (Å²) in [7, 11) is 0. The maximum Gasteiger partial charge on any atom is 0.335 e. The van der Waals surface area contributed by atoms with Crippen molar-refractivity contribution >= 4 is 5.97 Å². The first-order chi connectivity index (χ1) is 6.38. The maximum absolute atomic E-state index is 11.3. The number of esters is 1. The average molecular weight is 202 g/mol. The van der Waals surface area contributed by atoms with Crippen LogP contribution < -0.4 is 0 Å². The second kappa shape index (κ2) is 4.28. The van der Waals surface area contributed by atoms with Crippen LogP contribution in [0.15, 0.2) is 0 Å². The van der Waals surface area contributed by atoms with E-state index in [-0.39, 0.29) is 6.10 Å². The van der Waals surface area contributed by atoms with Gasteiger partial charge in [-0.2, -0.15) is 0 Å². The Morgan fingerprint density at radius 3 is 2.64 bits per heavy atom. The van der Waals surface area contributed by atoms with Crippen LogP contribution in [0.25, 0.3) is 0 Å². The van der Waals surface area contributed by atoms with E-state index < -0.39 is 17.7 Å². The van der Waals surface area contributed by atoms with Crippen molar-refractivity contribution in [3.8, 4) is 0 Å². The molecular formula is C10H18O4. The maximum atomic E-state index is 11.3. The number of aliphatic hydroxyl groups is 1. The summed E-state index contributed by atoms with van der Waals surface area (Å²) in [6.45, 7) is 6.09. The number of hydrogen-bond donors (Lipinski definition) is 1. The molecule has 0 spiro atoms. The van der Waals surface area contributed by atoms with Gasteiger partial charge in [0.05, 0.1) is 12.7 Å². The van der Waals surface area contributed by atoms with Crippen LogP contribution in [0.3, 0.4) is 0 Å². The van der Waals surface area contributed by atoms with Crippen LogP contribution in [-0.2, 0) is 14.3 Å². The zero-order chi connectivity index (χ0) is 10.8. The van der Waals surface area contributed by atoms with Gasteiger partial charge in [-0.25, -0.2) is 4.79 Å². The summed E-state index contributed by atoms with van der Waals surface area (Å²) in [5.41, 5.74) is -0.534. The molecule has 2 atom stereocenters. The molecule has 0 radical (unpaired) electrons. The lowest BCUT2D eigenvalue weighted by Gasteiger charge is -2.21. The van der Waals surface area contributed by atoms with Gasteiger partial charge in [-0.05, 0) is 33.6 Å². The smallest absolute Gasteiger partial charge is 0.335 e. The summed E-state index contributed by atoms with van der Waals surface area (Å²) >= 11 is 0. The molecule has 1 heterocycles. The Hall–Kier alpha value is -0.610. The fourth-order valence-corrected chi connectivity index (χ4v) is 1.07. The molecule has 4 heteroatoms. The number of aliphatic hydroxyl groups excluding tert-OH is 1. The van der Waals surface area contributed by atoms with Crippen LogP contribution in [0.1, 0.15) is 33.6 Å². The Labute approximate surface area is 84.2 Å². The van der Waals surface area contributed by atoms with Gasteiger partial charge >= 0.3 is 5.97 Å². The monoisotopic (exact) mass is 202 g/mol. The van der Waals surface area contributed by atoms with Crippen molar-refractivity contribution in [2.24, 2.45) is 0 Å². The van der Waals surface area contributed by atoms with Gasteiger partial charge in [0.15, 0.2) is 6.10 Å². The highest BCUT2D eigenvalue weighted by molar-refractivity contribution is 5.74. The van der Waals surface area contributed by atoms with E-state index in [0.29, 0.717) is 6.42 Å². The highest BCUT2D eigenvalue weighted by Gasteiger charge is 2.27. The minimum absolute atomic E-state index is 0.243. The molecular weight excluding hydrogens is 184 g/mol. The Morgan fingerprint density at radius 2 is 2.21 bits per heavy atom. The molecule has 1 aliphatic rings. The molecule has 1 saturated heterocycles. The molecule has 1 aliphatic heterocycles. The number of carbonyl (C=O) groups is 1. The van der Waals surface area contributed by atoms with E-state index in [4.69, 9.17) is 9.47 Å². The summed E-state index contributed by atoms with van der Waals surface area (Å²) < 4.78 is 10.00. The molecule has 0 aliphatic carbocycles. The van der Waals surface area contributed by atoms with Gasteiger partial charge in [-0.3, -0.25) is 0 Å². The summed E-state index contributed by atoms with van der Waals surface area (Å²) in [4.78, 5) is 11.3. The van der Waals surface area contributed by atoms with Gasteiger partial charge < -0.3 is 14.6 Å². The molecule has 0 aromatic heterocycles. The quantitative estimate of drug-likeness (QED) is 0.543. The average Bonchev–Trinajstić information content (AvgIpc) is 2.79. The number of ether oxygens (including phenoxy) is 2. The van der Waals surface area contributed by atoms with E-state index >= 15 is 0 Å². The third kappa shape index (κ3) is 4.58. The fraction of sp³-hybridized carbons (Fsp3) is 0.900. The second-order valence-corrected chi connectivity index (χ2v) is 4.58. The van der Waals surface area contributed by atoms with Crippen molar-refractivity contribution < 1.29 is 19.4 Å². The van der Waals surface area contributed by atoms with Gasteiger partial charge in [0.2, 0.25) is 0 Å². The molecule has 14 heavy (non-hydrogen) atoms. The van der Waals surface area contributed by atoms with Crippen molar-refractivity contribution in [3.63, 3.8) is 0 Å². The van der Waals surface area contributed by atoms with E-state index in [1.807, 2.05) is 0 Å². The highest BCUT2D eigenvalue weighted by atomic mass is 16.6. The van der Waals surface area contributed by atoms with Crippen molar-refractivity contribution in [1.29, 1.82) is 0 Å². The molecule has 82 valence electrons. The van der Waals surface area contributed by atoms with E-state index in [1.54, 1.807) is 20.8 Å². The minimum Gasteiger partial charge on any atom is -0.458 e. The molecule has 1 fully saturated rings. The third-order valence-electron chi connectivity index (χ3n) is 1.84. The zero-order valence-corrected chi connectivity index (χ0v) is 8.95. The van der Waals surface area contributed by atoms with Crippen LogP contribution in [0.2, 0.25) is 0 Å². The lowest BCUT2D eigenvalue weighted by atomic mass is 10.1. The summed E-state index contributed by atoms with van der Waals surface area (Å²) in [5.74, 6) is -0.543. The van der Waals surface area contributed by atoms with Crippen molar-refractivity contribution in [3.05, 3.63) is 0 Å². The third-order valence-corrected chi connectivity index (χ3v) is 1.84.